The van der Waals surface area contributed by atoms with Gasteiger partial charge >= 0.3 is 0 Å². The van der Waals surface area contributed by atoms with Gasteiger partial charge in [-0.25, -0.2) is 0 Å². The van der Waals surface area contributed by atoms with Gasteiger partial charge in [0, 0.05) is 24.4 Å². The Balaban J connectivity index is 1.54. The van der Waals surface area contributed by atoms with Crippen molar-refractivity contribution in [3.05, 3.63) is 72.0 Å². The van der Waals surface area contributed by atoms with Crippen molar-refractivity contribution in [2.24, 2.45) is 0 Å². The molecule has 1 aliphatic heterocycles. The van der Waals surface area contributed by atoms with Crippen LogP contribution in [0.3, 0.4) is 0 Å². The minimum atomic E-state index is -0.00497. The number of hydrogen-bond acceptors (Lipinski definition) is 2. The zero-order chi connectivity index (χ0) is 14.9. The zero-order valence-electron chi connectivity index (χ0n) is 12.2. The number of likely N-dealkylation sites (tertiary alicyclic amines) is 1. The quantitative estimate of drug-likeness (QED) is 0.713. The van der Waals surface area contributed by atoms with Gasteiger partial charge < -0.3 is 9.32 Å². The third-order valence-electron chi connectivity index (χ3n) is 4.38. The summed E-state index contributed by atoms with van der Waals surface area (Å²) in [6.45, 7) is 1.55. The molecule has 3 aromatic rings. The minimum absolute atomic E-state index is 0.00497. The van der Waals surface area contributed by atoms with E-state index in [-0.39, 0.29) is 5.91 Å². The first-order valence-electron chi connectivity index (χ1n) is 7.64. The van der Waals surface area contributed by atoms with Gasteiger partial charge in [0.15, 0.2) is 5.76 Å². The topological polar surface area (TPSA) is 33.5 Å². The number of benzene rings is 2. The molecule has 0 aliphatic carbocycles. The Hall–Kier alpha value is -2.55. The number of carbonyl (C=O) groups is 1. The van der Waals surface area contributed by atoms with E-state index in [9.17, 15) is 4.79 Å². The SMILES string of the molecule is O=C(c1cc2ccccc2o1)N1CCC(c2ccccc2)C1. The maximum atomic E-state index is 12.6. The summed E-state index contributed by atoms with van der Waals surface area (Å²) >= 11 is 0. The lowest BCUT2D eigenvalue weighted by Crippen LogP contribution is -2.28. The Morgan fingerprint density at radius 3 is 2.64 bits per heavy atom. The van der Waals surface area contributed by atoms with E-state index in [4.69, 9.17) is 4.42 Å². The van der Waals surface area contributed by atoms with E-state index in [0.717, 1.165) is 30.5 Å². The van der Waals surface area contributed by atoms with Crippen molar-refractivity contribution in [2.45, 2.75) is 12.3 Å². The van der Waals surface area contributed by atoms with Crippen LogP contribution in [0.2, 0.25) is 0 Å². The highest BCUT2D eigenvalue weighted by Crippen LogP contribution is 2.29. The van der Waals surface area contributed by atoms with Crippen molar-refractivity contribution < 1.29 is 9.21 Å². The van der Waals surface area contributed by atoms with Gasteiger partial charge in [0.2, 0.25) is 0 Å². The van der Waals surface area contributed by atoms with Gasteiger partial charge in [-0.3, -0.25) is 4.79 Å². The van der Waals surface area contributed by atoms with Crippen LogP contribution in [-0.4, -0.2) is 23.9 Å². The van der Waals surface area contributed by atoms with E-state index in [0.29, 0.717) is 11.7 Å². The number of hydrogen-bond donors (Lipinski definition) is 0. The maximum absolute atomic E-state index is 12.6. The molecule has 3 nitrogen and oxygen atoms in total. The van der Waals surface area contributed by atoms with Crippen molar-refractivity contribution in [3.8, 4) is 0 Å². The molecule has 22 heavy (non-hydrogen) atoms. The monoisotopic (exact) mass is 291 g/mol. The first-order valence-corrected chi connectivity index (χ1v) is 7.64. The molecule has 1 saturated heterocycles. The summed E-state index contributed by atoms with van der Waals surface area (Å²) in [5, 5.41) is 0.977. The molecule has 0 N–H and O–H groups in total. The lowest BCUT2D eigenvalue weighted by atomic mass is 9.99. The Bertz CT molecular complexity index is 773. The molecular weight excluding hydrogens is 274 g/mol. The van der Waals surface area contributed by atoms with E-state index in [1.54, 1.807) is 0 Å². The molecule has 1 aromatic heterocycles. The Morgan fingerprint density at radius 1 is 1.05 bits per heavy atom. The summed E-state index contributed by atoms with van der Waals surface area (Å²) in [5.41, 5.74) is 2.08. The number of rotatable bonds is 2. The number of nitrogens with zero attached hydrogens (tertiary/aromatic N) is 1. The Labute approximate surface area is 129 Å². The Kier molecular flexibility index (Phi) is 3.19. The summed E-state index contributed by atoms with van der Waals surface area (Å²) in [4.78, 5) is 14.5. The fraction of sp³-hybridized carbons (Fsp3) is 0.211. The summed E-state index contributed by atoms with van der Waals surface area (Å²) in [7, 11) is 0. The van der Waals surface area contributed by atoms with Crippen LogP contribution < -0.4 is 0 Å². The van der Waals surface area contributed by atoms with Crippen molar-refractivity contribution in [2.75, 3.05) is 13.1 Å². The fourth-order valence-corrected chi connectivity index (χ4v) is 3.19. The summed E-state index contributed by atoms with van der Waals surface area (Å²) in [6, 6.07) is 20.0. The van der Waals surface area contributed by atoms with E-state index in [2.05, 4.69) is 24.3 Å². The van der Waals surface area contributed by atoms with E-state index in [1.165, 1.54) is 5.56 Å². The average Bonchev–Trinajstić information content (AvgIpc) is 3.22. The van der Waals surface area contributed by atoms with Gasteiger partial charge in [0.1, 0.15) is 5.58 Å². The number of carbonyl (C=O) groups excluding carboxylic acids is 1. The first kappa shape index (κ1) is 13.1. The molecule has 1 atom stereocenters. The predicted octanol–water partition coefficient (Wildman–Crippen LogP) is 4.06. The van der Waals surface area contributed by atoms with Gasteiger partial charge in [-0.05, 0) is 24.1 Å². The van der Waals surface area contributed by atoms with Crippen LogP contribution in [0.25, 0.3) is 11.0 Å². The van der Waals surface area contributed by atoms with Crippen molar-refractivity contribution in [1.82, 2.24) is 4.90 Å². The van der Waals surface area contributed by atoms with Crippen molar-refractivity contribution in [3.63, 3.8) is 0 Å². The van der Waals surface area contributed by atoms with E-state index < -0.39 is 0 Å². The molecule has 0 saturated carbocycles. The number of furan rings is 1. The molecule has 0 bridgehead atoms. The second-order valence-electron chi connectivity index (χ2n) is 5.80. The van der Waals surface area contributed by atoms with Gasteiger partial charge in [-0.2, -0.15) is 0 Å². The van der Waals surface area contributed by atoms with Gasteiger partial charge in [0.05, 0.1) is 0 Å². The standard InChI is InChI=1S/C19H17NO2/c21-19(18-12-15-8-4-5-9-17(15)22-18)20-11-10-16(13-20)14-6-2-1-3-7-14/h1-9,12,16H,10-11,13H2. The molecule has 110 valence electrons. The van der Waals surface area contributed by atoms with Crippen molar-refractivity contribution >= 4 is 16.9 Å². The van der Waals surface area contributed by atoms with E-state index in [1.807, 2.05) is 41.3 Å². The normalized spacial score (nSPS) is 18.0. The molecule has 4 rings (SSSR count). The second kappa shape index (κ2) is 5.34. The van der Waals surface area contributed by atoms with Crippen LogP contribution in [0, 0.1) is 0 Å². The van der Waals surface area contributed by atoms with Crippen LogP contribution in [0.15, 0.2) is 65.1 Å². The smallest absolute Gasteiger partial charge is 0.289 e. The maximum Gasteiger partial charge on any atom is 0.289 e. The highest BCUT2D eigenvalue weighted by molar-refractivity contribution is 5.96. The largest absolute Gasteiger partial charge is 0.451 e. The molecule has 1 amide bonds. The molecule has 2 aromatic carbocycles. The average molecular weight is 291 g/mol. The Morgan fingerprint density at radius 2 is 1.82 bits per heavy atom. The van der Waals surface area contributed by atoms with Crippen molar-refractivity contribution in [1.29, 1.82) is 0 Å². The zero-order valence-corrected chi connectivity index (χ0v) is 12.2. The molecule has 0 spiro atoms. The highest BCUT2D eigenvalue weighted by Gasteiger charge is 2.29. The third kappa shape index (κ3) is 2.29. The summed E-state index contributed by atoms with van der Waals surface area (Å²) < 4.78 is 5.69. The molecule has 3 heteroatoms. The molecular formula is C19H17NO2. The lowest BCUT2D eigenvalue weighted by Gasteiger charge is -2.15. The predicted molar refractivity (Wildman–Crippen MR) is 85.9 cm³/mol. The third-order valence-corrected chi connectivity index (χ3v) is 4.38. The van der Waals surface area contributed by atoms with Crippen LogP contribution in [0.1, 0.15) is 28.5 Å². The van der Waals surface area contributed by atoms with Crippen LogP contribution in [-0.2, 0) is 0 Å². The number of para-hydroxylation sites is 1. The lowest BCUT2D eigenvalue weighted by molar-refractivity contribution is 0.0761. The molecule has 2 heterocycles. The summed E-state index contributed by atoms with van der Waals surface area (Å²) in [6.07, 6.45) is 1.01. The number of amides is 1. The van der Waals surface area contributed by atoms with Gasteiger partial charge in [-0.15, -0.1) is 0 Å². The minimum Gasteiger partial charge on any atom is -0.451 e. The second-order valence-corrected chi connectivity index (χ2v) is 5.80. The van der Waals surface area contributed by atoms with Crippen LogP contribution in [0.4, 0.5) is 0 Å². The fourth-order valence-electron chi connectivity index (χ4n) is 3.19. The molecule has 1 unspecified atom stereocenters. The molecule has 1 fully saturated rings. The van der Waals surface area contributed by atoms with Gasteiger partial charge in [0.25, 0.3) is 5.91 Å². The van der Waals surface area contributed by atoms with Crippen LogP contribution >= 0.6 is 0 Å². The van der Waals surface area contributed by atoms with E-state index >= 15 is 0 Å². The molecule has 0 radical (unpaired) electrons. The van der Waals surface area contributed by atoms with Gasteiger partial charge in [-0.1, -0.05) is 48.5 Å². The van der Waals surface area contributed by atoms with Crippen LogP contribution in [0.5, 0.6) is 0 Å². The summed E-state index contributed by atoms with van der Waals surface area (Å²) in [5.74, 6) is 0.860. The first-order chi connectivity index (χ1) is 10.8. The molecule has 1 aliphatic rings. The highest BCUT2D eigenvalue weighted by atomic mass is 16.3. The number of fused-ring (bicyclic) bond motifs is 1.